The van der Waals surface area contributed by atoms with Gasteiger partial charge in [-0.25, -0.2) is 0 Å². The Bertz CT molecular complexity index is 741. The molecule has 25 heavy (non-hydrogen) atoms. The molecule has 1 fully saturated rings. The van der Waals surface area contributed by atoms with Crippen LogP contribution in [0.3, 0.4) is 0 Å². The molecule has 2 heterocycles. The number of phenolic OH excluding ortho intramolecular Hbond substituents is 1. The van der Waals surface area contributed by atoms with Gasteiger partial charge >= 0.3 is 0 Å². The minimum Gasteiger partial charge on any atom is -0.504 e. The van der Waals surface area contributed by atoms with Crippen LogP contribution in [0.2, 0.25) is 0 Å². The number of ether oxygens (including phenoxy) is 1. The summed E-state index contributed by atoms with van der Waals surface area (Å²) in [5, 5.41) is 12.9. The number of phenols is 1. The van der Waals surface area contributed by atoms with Crippen molar-refractivity contribution in [3.8, 4) is 11.5 Å². The highest BCUT2D eigenvalue weighted by Gasteiger charge is 2.23. The van der Waals surface area contributed by atoms with E-state index in [1.54, 1.807) is 32.2 Å². The zero-order valence-electron chi connectivity index (χ0n) is 14.6. The first-order valence-electron chi connectivity index (χ1n) is 8.47. The fraction of sp³-hybridized carbons (Fsp3) is 0.421. The predicted molar refractivity (Wildman–Crippen MR) is 93.8 cm³/mol. The van der Waals surface area contributed by atoms with E-state index < -0.39 is 0 Å². The van der Waals surface area contributed by atoms with Crippen LogP contribution in [0.5, 0.6) is 11.5 Å². The van der Waals surface area contributed by atoms with Gasteiger partial charge in [0.05, 0.1) is 18.9 Å². The third-order valence-corrected chi connectivity index (χ3v) is 4.67. The van der Waals surface area contributed by atoms with E-state index >= 15 is 0 Å². The molecule has 134 valence electrons. The number of rotatable bonds is 6. The van der Waals surface area contributed by atoms with Crippen LogP contribution in [-0.4, -0.2) is 42.7 Å². The number of amides is 1. The smallest absolute Gasteiger partial charge is 0.254 e. The SMILES string of the molecule is COc1ccc(CN2CCC(CNC(=O)c3ccoc3C)C2)cc1O. The number of carbonyl (C=O) groups is 1. The molecule has 0 aliphatic carbocycles. The highest BCUT2D eigenvalue weighted by atomic mass is 16.5. The summed E-state index contributed by atoms with van der Waals surface area (Å²) >= 11 is 0. The maximum Gasteiger partial charge on any atom is 0.254 e. The number of aryl methyl sites for hydroxylation is 1. The van der Waals surface area contributed by atoms with Crippen LogP contribution in [-0.2, 0) is 6.54 Å². The van der Waals surface area contributed by atoms with Crippen molar-refractivity contribution in [3.63, 3.8) is 0 Å². The second-order valence-corrected chi connectivity index (χ2v) is 6.50. The van der Waals surface area contributed by atoms with E-state index in [1.807, 2.05) is 6.07 Å². The predicted octanol–water partition coefficient (Wildman–Crippen LogP) is 2.55. The zero-order chi connectivity index (χ0) is 17.8. The molecule has 1 saturated heterocycles. The molecule has 0 bridgehead atoms. The lowest BCUT2D eigenvalue weighted by Gasteiger charge is -2.17. The molecule has 1 aliphatic rings. The Kier molecular flexibility index (Phi) is 5.28. The number of likely N-dealkylation sites (tertiary alicyclic amines) is 1. The van der Waals surface area contributed by atoms with E-state index in [0.717, 1.165) is 31.6 Å². The minimum absolute atomic E-state index is 0.0789. The Morgan fingerprint density at radius 1 is 1.44 bits per heavy atom. The molecule has 1 aromatic heterocycles. The minimum atomic E-state index is -0.0789. The van der Waals surface area contributed by atoms with Gasteiger partial charge in [-0.15, -0.1) is 0 Å². The third-order valence-electron chi connectivity index (χ3n) is 4.67. The Balaban J connectivity index is 1.48. The molecule has 1 aliphatic heterocycles. The average molecular weight is 344 g/mol. The molecule has 0 spiro atoms. The summed E-state index contributed by atoms with van der Waals surface area (Å²) in [6.07, 6.45) is 2.58. The number of furan rings is 1. The Morgan fingerprint density at radius 3 is 2.96 bits per heavy atom. The van der Waals surface area contributed by atoms with E-state index in [2.05, 4.69) is 10.2 Å². The van der Waals surface area contributed by atoms with Crippen molar-refractivity contribution in [2.45, 2.75) is 19.9 Å². The van der Waals surface area contributed by atoms with Gasteiger partial charge in [-0.05, 0) is 49.6 Å². The van der Waals surface area contributed by atoms with Crippen LogP contribution in [0.4, 0.5) is 0 Å². The molecule has 6 heteroatoms. The monoisotopic (exact) mass is 344 g/mol. The summed E-state index contributed by atoms with van der Waals surface area (Å²) in [6.45, 7) is 5.14. The molecule has 1 aromatic carbocycles. The number of hydrogen-bond donors (Lipinski definition) is 2. The summed E-state index contributed by atoms with van der Waals surface area (Å²) in [4.78, 5) is 14.5. The van der Waals surface area contributed by atoms with E-state index in [4.69, 9.17) is 9.15 Å². The quantitative estimate of drug-likeness (QED) is 0.842. The summed E-state index contributed by atoms with van der Waals surface area (Å²) in [5.41, 5.74) is 1.65. The second kappa shape index (κ2) is 7.61. The van der Waals surface area contributed by atoms with Gasteiger partial charge < -0.3 is 19.6 Å². The summed E-state index contributed by atoms with van der Waals surface area (Å²) < 4.78 is 10.2. The lowest BCUT2D eigenvalue weighted by Crippen LogP contribution is -2.31. The third kappa shape index (κ3) is 4.14. The number of nitrogens with zero attached hydrogens (tertiary/aromatic N) is 1. The molecule has 2 aromatic rings. The Morgan fingerprint density at radius 2 is 2.28 bits per heavy atom. The highest BCUT2D eigenvalue weighted by molar-refractivity contribution is 5.95. The van der Waals surface area contributed by atoms with Gasteiger partial charge in [0.25, 0.3) is 5.91 Å². The molecule has 1 atom stereocenters. The van der Waals surface area contributed by atoms with E-state index in [9.17, 15) is 9.90 Å². The molecule has 0 radical (unpaired) electrons. The van der Waals surface area contributed by atoms with Crippen LogP contribution in [0.25, 0.3) is 0 Å². The van der Waals surface area contributed by atoms with Crippen molar-refractivity contribution >= 4 is 5.91 Å². The fourth-order valence-electron chi connectivity index (χ4n) is 3.27. The topological polar surface area (TPSA) is 74.9 Å². The van der Waals surface area contributed by atoms with Crippen molar-refractivity contribution in [1.29, 1.82) is 0 Å². The molecule has 2 N–H and O–H groups in total. The van der Waals surface area contributed by atoms with Gasteiger partial charge in [0.15, 0.2) is 11.5 Å². The number of carbonyl (C=O) groups excluding carboxylic acids is 1. The van der Waals surface area contributed by atoms with Crippen LogP contribution >= 0.6 is 0 Å². The van der Waals surface area contributed by atoms with Gasteiger partial charge in [0, 0.05) is 19.6 Å². The van der Waals surface area contributed by atoms with Crippen molar-refractivity contribution in [2.75, 3.05) is 26.7 Å². The molecule has 0 saturated carbocycles. The number of nitrogens with one attached hydrogen (secondary N) is 1. The van der Waals surface area contributed by atoms with E-state index in [1.165, 1.54) is 6.26 Å². The lowest BCUT2D eigenvalue weighted by atomic mass is 10.1. The van der Waals surface area contributed by atoms with Gasteiger partial charge in [-0.3, -0.25) is 9.69 Å². The Hall–Kier alpha value is -2.47. The van der Waals surface area contributed by atoms with Crippen LogP contribution in [0, 0.1) is 12.8 Å². The fourth-order valence-corrected chi connectivity index (χ4v) is 3.27. The molecule has 6 nitrogen and oxygen atoms in total. The molecule has 1 unspecified atom stereocenters. The van der Waals surface area contributed by atoms with Gasteiger partial charge in [0.2, 0.25) is 0 Å². The van der Waals surface area contributed by atoms with Crippen LogP contribution < -0.4 is 10.1 Å². The van der Waals surface area contributed by atoms with Gasteiger partial charge in [0.1, 0.15) is 5.76 Å². The zero-order valence-corrected chi connectivity index (χ0v) is 14.6. The normalized spacial score (nSPS) is 17.6. The van der Waals surface area contributed by atoms with E-state index in [0.29, 0.717) is 29.5 Å². The molecule has 3 rings (SSSR count). The Labute approximate surface area is 147 Å². The first kappa shape index (κ1) is 17.4. The molecular formula is C19H24N2O4. The van der Waals surface area contributed by atoms with Gasteiger partial charge in [-0.1, -0.05) is 6.07 Å². The van der Waals surface area contributed by atoms with Crippen molar-refractivity contribution in [2.24, 2.45) is 5.92 Å². The average Bonchev–Trinajstić information content (AvgIpc) is 3.22. The van der Waals surface area contributed by atoms with Crippen molar-refractivity contribution in [1.82, 2.24) is 10.2 Å². The first-order valence-corrected chi connectivity index (χ1v) is 8.47. The largest absolute Gasteiger partial charge is 0.504 e. The number of aromatic hydroxyl groups is 1. The number of benzene rings is 1. The van der Waals surface area contributed by atoms with Crippen LogP contribution in [0.1, 0.15) is 28.1 Å². The lowest BCUT2D eigenvalue weighted by molar-refractivity contribution is 0.0945. The number of hydrogen-bond acceptors (Lipinski definition) is 5. The maximum absolute atomic E-state index is 12.1. The summed E-state index contributed by atoms with van der Waals surface area (Å²) in [6, 6.07) is 7.19. The summed E-state index contributed by atoms with van der Waals surface area (Å²) in [5.74, 6) is 1.65. The van der Waals surface area contributed by atoms with Crippen molar-refractivity contribution < 1.29 is 19.1 Å². The standard InChI is InChI=1S/C19H24N2O4/c1-13-16(6-8-25-13)19(23)20-10-15-5-7-21(12-15)11-14-3-4-18(24-2)17(22)9-14/h3-4,6,8-9,15,22H,5,7,10-12H2,1-2H3,(H,20,23). The summed E-state index contributed by atoms with van der Waals surface area (Å²) in [7, 11) is 1.54. The van der Waals surface area contributed by atoms with E-state index in [-0.39, 0.29) is 11.7 Å². The highest BCUT2D eigenvalue weighted by Crippen LogP contribution is 2.27. The molecular weight excluding hydrogens is 320 g/mol. The van der Waals surface area contributed by atoms with Gasteiger partial charge in [-0.2, -0.15) is 0 Å². The molecule has 1 amide bonds. The number of methoxy groups -OCH3 is 1. The van der Waals surface area contributed by atoms with Crippen molar-refractivity contribution in [3.05, 3.63) is 47.4 Å². The first-order chi connectivity index (χ1) is 12.1. The maximum atomic E-state index is 12.1. The second-order valence-electron chi connectivity index (χ2n) is 6.50. The van der Waals surface area contributed by atoms with Crippen LogP contribution in [0.15, 0.2) is 34.9 Å².